The Morgan fingerprint density at radius 3 is 2.79 bits per heavy atom. The zero-order chi connectivity index (χ0) is 23.0. The average Bonchev–Trinajstić information content (AvgIpc) is 3.34. The van der Waals surface area contributed by atoms with Crippen molar-refractivity contribution in [3.05, 3.63) is 30.5 Å². The maximum Gasteiger partial charge on any atom is 0.238 e. The molecule has 9 heteroatoms. The van der Waals surface area contributed by atoms with Gasteiger partial charge in [-0.1, -0.05) is 43.5 Å². The number of nitrogens with one attached hydrogen (secondary N) is 1. The number of hydrogen-bond donors (Lipinski definition) is 2. The Morgan fingerprint density at radius 2 is 2.03 bits per heavy atom. The lowest BCUT2D eigenvalue weighted by Crippen LogP contribution is -2.45. The molecule has 1 saturated heterocycles. The third-order valence-corrected chi connectivity index (χ3v) is 7.26. The normalized spacial score (nSPS) is 17.3. The van der Waals surface area contributed by atoms with Crippen LogP contribution < -0.4 is 20.7 Å². The van der Waals surface area contributed by atoms with Crippen molar-refractivity contribution in [1.82, 2.24) is 14.9 Å². The Labute approximate surface area is 200 Å². The van der Waals surface area contributed by atoms with E-state index in [0.717, 1.165) is 54.3 Å². The van der Waals surface area contributed by atoms with Crippen LogP contribution in [0.2, 0.25) is 0 Å². The highest BCUT2D eigenvalue weighted by molar-refractivity contribution is 7.99. The van der Waals surface area contributed by atoms with Crippen LogP contribution in [-0.2, 0) is 4.79 Å². The highest BCUT2D eigenvalue weighted by Crippen LogP contribution is 2.36. The summed E-state index contributed by atoms with van der Waals surface area (Å²) in [5.41, 5.74) is 6.14. The van der Waals surface area contributed by atoms with Gasteiger partial charge in [-0.15, -0.1) is 0 Å². The fourth-order valence-corrected chi connectivity index (χ4v) is 5.16. The molecule has 1 aliphatic heterocycles. The minimum absolute atomic E-state index is 0.0437. The molecule has 0 spiro atoms. The van der Waals surface area contributed by atoms with Crippen molar-refractivity contribution in [2.45, 2.75) is 41.9 Å². The number of carbonyl (C=O) groups excluding carboxylic acids is 1. The summed E-state index contributed by atoms with van der Waals surface area (Å²) in [6.45, 7) is 4.45. The molecule has 1 aromatic carbocycles. The van der Waals surface area contributed by atoms with Gasteiger partial charge in [-0.2, -0.15) is 4.98 Å². The molecule has 33 heavy (non-hydrogen) atoms. The Bertz CT molecular complexity index is 929. The predicted octanol–water partition coefficient (Wildman–Crippen LogP) is 3.24. The van der Waals surface area contributed by atoms with E-state index in [9.17, 15) is 4.79 Å². The zero-order valence-electron chi connectivity index (χ0n) is 19.3. The molecule has 1 aliphatic carbocycles. The number of anilines is 2. The van der Waals surface area contributed by atoms with E-state index < -0.39 is 0 Å². The van der Waals surface area contributed by atoms with E-state index in [1.165, 1.54) is 25.7 Å². The van der Waals surface area contributed by atoms with Gasteiger partial charge in [-0.3, -0.25) is 4.79 Å². The summed E-state index contributed by atoms with van der Waals surface area (Å²) < 4.78 is 6.24. The molecule has 178 valence electrons. The molecule has 0 unspecified atom stereocenters. The molecule has 0 radical (unpaired) electrons. The monoisotopic (exact) mass is 470 g/mol. The number of ether oxygens (including phenoxy) is 1. The number of benzene rings is 1. The lowest BCUT2D eigenvalue weighted by atomic mass is 10.1. The van der Waals surface area contributed by atoms with Crippen LogP contribution in [0.3, 0.4) is 0 Å². The van der Waals surface area contributed by atoms with Gasteiger partial charge in [0.1, 0.15) is 0 Å². The van der Waals surface area contributed by atoms with E-state index in [1.807, 2.05) is 30.5 Å². The van der Waals surface area contributed by atoms with Gasteiger partial charge >= 0.3 is 0 Å². The standard InChI is InChI=1S/C24H34N6O2S/c1-29-10-12-30(13-11-29)24-26-17-21(23(28-24)32-14-9-18-5-2-3-6-18)33-20-8-4-7-19(15-20)27-22(31)16-25/h4,7-8,15,17-18H,2-3,5-6,9-14,16,25H2,1H3,(H,27,31). The quantitative estimate of drug-likeness (QED) is 0.577. The van der Waals surface area contributed by atoms with Crippen LogP contribution in [0.5, 0.6) is 5.88 Å². The molecule has 1 saturated carbocycles. The smallest absolute Gasteiger partial charge is 0.238 e. The van der Waals surface area contributed by atoms with Crippen molar-refractivity contribution >= 4 is 29.3 Å². The third kappa shape index (κ3) is 6.82. The predicted molar refractivity (Wildman–Crippen MR) is 132 cm³/mol. The first-order valence-corrected chi connectivity index (χ1v) is 12.6. The van der Waals surface area contributed by atoms with Gasteiger partial charge in [0.25, 0.3) is 0 Å². The molecule has 2 aromatic rings. The first-order valence-electron chi connectivity index (χ1n) is 11.8. The minimum Gasteiger partial charge on any atom is -0.477 e. The molecule has 2 fully saturated rings. The molecule has 2 heterocycles. The molecule has 3 N–H and O–H groups in total. The summed E-state index contributed by atoms with van der Waals surface area (Å²) in [6.07, 6.45) is 8.22. The van der Waals surface area contributed by atoms with Crippen molar-refractivity contribution in [2.75, 3.05) is 56.6 Å². The van der Waals surface area contributed by atoms with E-state index in [2.05, 4.69) is 27.1 Å². The number of amides is 1. The highest BCUT2D eigenvalue weighted by Gasteiger charge is 2.20. The van der Waals surface area contributed by atoms with Gasteiger partial charge in [0, 0.05) is 36.8 Å². The molecular formula is C24H34N6O2S. The zero-order valence-corrected chi connectivity index (χ0v) is 20.1. The van der Waals surface area contributed by atoms with Crippen molar-refractivity contribution in [2.24, 2.45) is 11.7 Å². The van der Waals surface area contributed by atoms with Crippen LogP contribution in [0.15, 0.2) is 40.3 Å². The maximum atomic E-state index is 11.6. The summed E-state index contributed by atoms with van der Waals surface area (Å²) >= 11 is 1.54. The van der Waals surface area contributed by atoms with Crippen LogP contribution in [0.25, 0.3) is 0 Å². The number of nitrogens with two attached hydrogens (primary N) is 1. The highest BCUT2D eigenvalue weighted by atomic mass is 32.2. The molecule has 8 nitrogen and oxygen atoms in total. The van der Waals surface area contributed by atoms with Crippen molar-refractivity contribution in [3.63, 3.8) is 0 Å². The van der Waals surface area contributed by atoms with Gasteiger partial charge in [-0.05, 0) is 37.6 Å². The Hall–Kier alpha value is -2.36. The van der Waals surface area contributed by atoms with Crippen LogP contribution in [-0.4, -0.2) is 67.2 Å². The van der Waals surface area contributed by atoms with E-state index in [-0.39, 0.29) is 12.5 Å². The second kappa shape index (κ2) is 11.7. The van der Waals surface area contributed by atoms with Gasteiger partial charge in [0.05, 0.1) is 24.2 Å². The number of hydrogen-bond acceptors (Lipinski definition) is 8. The summed E-state index contributed by atoms with van der Waals surface area (Å²) in [5, 5.41) is 2.80. The minimum atomic E-state index is -0.215. The lowest BCUT2D eigenvalue weighted by Gasteiger charge is -2.32. The second-order valence-electron chi connectivity index (χ2n) is 8.80. The van der Waals surface area contributed by atoms with E-state index in [1.54, 1.807) is 11.8 Å². The van der Waals surface area contributed by atoms with Gasteiger partial charge in [-0.25, -0.2) is 4.98 Å². The van der Waals surface area contributed by atoms with Crippen molar-refractivity contribution in [3.8, 4) is 5.88 Å². The van der Waals surface area contributed by atoms with Gasteiger partial charge < -0.3 is 25.6 Å². The van der Waals surface area contributed by atoms with E-state index in [4.69, 9.17) is 15.5 Å². The number of rotatable bonds is 9. The lowest BCUT2D eigenvalue weighted by molar-refractivity contribution is -0.114. The first-order chi connectivity index (χ1) is 16.1. The maximum absolute atomic E-state index is 11.6. The number of aromatic nitrogens is 2. The van der Waals surface area contributed by atoms with Crippen LogP contribution in [0.4, 0.5) is 11.6 Å². The Balaban J connectivity index is 1.49. The number of carbonyl (C=O) groups is 1. The first kappa shape index (κ1) is 23.8. The molecule has 2 aliphatic rings. The SMILES string of the molecule is CN1CCN(c2ncc(Sc3cccc(NC(=O)CN)c3)c(OCCC3CCCC3)n2)CC1. The fourth-order valence-electron chi connectivity index (χ4n) is 4.28. The molecular weight excluding hydrogens is 436 g/mol. The van der Waals surface area contributed by atoms with Crippen LogP contribution in [0.1, 0.15) is 32.1 Å². The molecule has 4 rings (SSSR count). The van der Waals surface area contributed by atoms with Gasteiger partial charge in [0.15, 0.2) is 0 Å². The average molecular weight is 471 g/mol. The molecule has 0 bridgehead atoms. The van der Waals surface area contributed by atoms with Gasteiger partial charge in [0.2, 0.25) is 17.7 Å². The summed E-state index contributed by atoms with van der Waals surface area (Å²) in [7, 11) is 2.14. The number of piperazine rings is 1. The largest absolute Gasteiger partial charge is 0.477 e. The third-order valence-electron chi connectivity index (χ3n) is 6.27. The fraction of sp³-hybridized carbons (Fsp3) is 0.542. The van der Waals surface area contributed by atoms with Crippen LogP contribution >= 0.6 is 11.8 Å². The van der Waals surface area contributed by atoms with Crippen LogP contribution in [0, 0.1) is 5.92 Å². The number of nitrogens with zero attached hydrogens (tertiary/aromatic N) is 4. The van der Waals surface area contributed by atoms with Crippen molar-refractivity contribution in [1.29, 1.82) is 0 Å². The summed E-state index contributed by atoms with van der Waals surface area (Å²) in [5.74, 6) is 1.92. The second-order valence-corrected chi connectivity index (χ2v) is 9.91. The molecule has 0 atom stereocenters. The molecule has 1 aromatic heterocycles. The Morgan fingerprint density at radius 1 is 1.24 bits per heavy atom. The summed E-state index contributed by atoms with van der Waals surface area (Å²) in [6, 6.07) is 7.69. The van der Waals surface area contributed by atoms with E-state index in [0.29, 0.717) is 18.2 Å². The summed E-state index contributed by atoms with van der Waals surface area (Å²) in [4.78, 5) is 27.5. The van der Waals surface area contributed by atoms with E-state index >= 15 is 0 Å². The Kier molecular flexibility index (Phi) is 8.41. The van der Waals surface area contributed by atoms with Crippen molar-refractivity contribution < 1.29 is 9.53 Å². The molecule has 1 amide bonds. The topological polar surface area (TPSA) is 96.6 Å². The number of likely N-dealkylation sites (N-methyl/N-ethyl adjacent to an activating group) is 1.